The minimum absolute atomic E-state index is 0.0827. The molecule has 0 saturated heterocycles. The van der Waals surface area contributed by atoms with Gasteiger partial charge in [-0.1, -0.05) is 34.8 Å². The Morgan fingerprint density at radius 2 is 1.50 bits per heavy atom. The van der Waals surface area contributed by atoms with Crippen LogP contribution < -0.4 is 16.4 Å². The van der Waals surface area contributed by atoms with E-state index in [4.69, 9.17) is 63.7 Å². The van der Waals surface area contributed by atoms with Crippen LogP contribution in [-0.2, 0) is 4.79 Å². The SMILES string of the molecule is Nc1cc(NC(=O)c2cc(NC(=O)C3C(c4cc(Cl)cc(Cl)c4)C3(Cl)Cl)ccc2Cl)ccc1F. The van der Waals surface area contributed by atoms with Gasteiger partial charge in [-0.3, -0.25) is 9.59 Å². The molecule has 3 aromatic rings. The summed E-state index contributed by atoms with van der Waals surface area (Å²) in [5.74, 6) is -2.93. The Kier molecular flexibility index (Phi) is 6.91. The number of rotatable bonds is 5. The first-order chi connectivity index (χ1) is 16.0. The summed E-state index contributed by atoms with van der Waals surface area (Å²) in [5, 5.41) is 6.23. The second-order valence-electron chi connectivity index (χ2n) is 7.71. The third-order valence-electron chi connectivity index (χ3n) is 5.31. The molecule has 176 valence electrons. The Morgan fingerprint density at radius 3 is 2.15 bits per heavy atom. The van der Waals surface area contributed by atoms with Crippen LogP contribution in [0.5, 0.6) is 0 Å². The molecule has 5 nitrogen and oxygen atoms in total. The number of amides is 2. The second-order valence-corrected chi connectivity index (χ2v) is 10.4. The summed E-state index contributed by atoms with van der Waals surface area (Å²) in [7, 11) is 0. The number of nitrogen functional groups attached to an aromatic ring is 1. The first-order valence-electron chi connectivity index (χ1n) is 9.78. The van der Waals surface area contributed by atoms with Crippen molar-refractivity contribution in [3.63, 3.8) is 0 Å². The molecule has 2 amide bonds. The quantitative estimate of drug-likeness (QED) is 0.229. The van der Waals surface area contributed by atoms with E-state index < -0.39 is 33.8 Å². The van der Waals surface area contributed by atoms with Crippen LogP contribution in [0.15, 0.2) is 54.6 Å². The van der Waals surface area contributed by atoms with Crippen LogP contribution in [0, 0.1) is 11.7 Å². The molecule has 1 saturated carbocycles. The Labute approximate surface area is 219 Å². The van der Waals surface area contributed by atoms with Crippen molar-refractivity contribution >= 4 is 86.9 Å². The lowest BCUT2D eigenvalue weighted by Gasteiger charge is -2.11. The van der Waals surface area contributed by atoms with Crippen LogP contribution in [0.4, 0.5) is 21.5 Å². The van der Waals surface area contributed by atoms with Crippen molar-refractivity contribution in [2.45, 2.75) is 10.3 Å². The highest BCUT2D eigenvalue weighted by Gasteiger charge is 2.67. The number of halogens is 6. The van der Waals surface area contributed by atoms with E-state index in [9.17, 15) is 14.0 Å². The Hall–Kier alpha value is -2.22. The lowest BCUT2D eigenvalue weighted by atomic mass is 10.1. The van der Waals surface area contributed by atoms with Crippen molar-refractivity contribution in [2.24, 2.45) is 5.92 Å². The van der Waals surface area contributed by atoms with E-state index in [2.05, 4.69) is 10.6 Å². The van der Waals surface area contributed by atoms with Gasteiger partial charge in [-0.15, -0.1) is 23.2 Å². The first-order valence-corrected chi connectivity index (χ1v) is 11.7. The van der Waals surface area contributed by atoms with Gasteiger partial charge in [0.25, 0.3) is 5.91 Å². The molecule has 34 heavy (non-hydrogen) atoms. The molecule has 1 fully saturated rings. The fourth-order valence-corrected chi connectivity index (χ4v) is 5.21. The molecule has 11 heteroatoms. The summed E-state index contributed by atoms with van der Waals surface area (Å²) in [4.78, 5) is 25.7. The van der Waals surface area contributed by atoms with Gasteiger partial charge in [-0.05, 0) is 60.2 Å². The van der Waals surface area contributed by atoms with Crippen LogP contribution in [0.3, 0.4) is 0 Å². The smallest absolute Gasteiger partial charge is 0.257 e. The summed E-state index contributed by atoms with van der Waals surface area (Å²) >= 11 is 31.1. The summed E-state index contributed by atoms with van der Waals surface area (Å²) in [6.07, 6.45) is 0. The van der Waals surface area contributed by atoms with Gasteiger partial charge in [0.1, 0.15) is 10.2 Å². The van der Waals surface area contributed by atoms with Crippen molar-refractivity contribution in [3.05, 3.63) is 86.6 Å². The first kappa shape index (κ1) is 24.9. The van der Waals surface area contributed by atoms with Gasteiger partial charge < -0.3 is 16.4 Å². The molecule has 4 N–H and O–H groups in total. The number of nitrogens with two attached hydrogens (primary N) is 1. The minimum atomic E-state index is -1.35. The van der Waals surface area contributed by atoms with Gasteiger partial charge in [0.15, 0.2) is 0 Å². The molecule has 0 radical (unpaired) electrons. The van der Waals surface area contributed by atoms with E-state index in [-0.39, 0.29) is 22.0 Å². The van der Waals surface area contributed by atoms with Gasteiger partial charge in [0.05, 0.1) is 22.2 Å². The van der Waals surface area contributed by atoms with Crippen molar-refractivity contribution in [1.82, 2.24) is 0 Å². The molecular weight excluding hydrogens is 547 g/mol. The van der Waals surface area contributed by atoms with Gasteiger partial charge in [0, 0.05) is 27.3 Å². The van der Waals surface area contributed by atoms with Gasteiger partial charge in [-0.2, -0.15) is 0 Å². The average Bonchev–Trinajstić information content (AvgIpc) is 3.33. The largest absolute Gasteiger partial charge is 0.396 e. The summed E-state index contributed by atoms with van der Waals surface area (Å²) in [6.45, 7) is 0. The molecular formula is C23H15Cl5FN3O2. The third-order valence-corrected chi connectivity index (χ3v) is 7.02. The molecule has 1 aliphatic rings. The highest BCUT2D eigenvalue weighted by molar-refractivity contribution is 6.53. The van der Waals surface area contributed by atoms with Crippen LogP contribution in [-0.4, -0.2) is 16.1 Å². The summed E-state index contributed by atoms with van der Waals surface area (Å²) < 4.78 is 12.0. The predicted molar refractivity (Wildman–Crippen MR) is 136 cm³/mol. The fraction of sp³-hybridized carbons (Fsp3) is 0.130. The number of carbonyl (C=O) groups is 2. The standard InChI is InChI=1S/C23H15Cl5FN3O2/c24-11-5-10(6-12(25)7-11)19-20(23(19,27)28)22(34)32-13-1-3-16(26)15(8-13)21(33)31-14-2-4-17(29)18(30)9-14/h1-9,19-20H,30H2,(H,31,33)(H,32,34). The van der Waals surface area contributed by atoms with Crippen molar-refractivity contribution in [2.75, 3.05) is 16.4 Å². The van der Waals surface area contributed by atoms with Crippen molar-refractivity contribution in [3.8, 4) is 0 Å². The highest BCUT2D eigenvalue weighted by Crippen LogP contribution is 2.65. The lowest BCUT2D eigenvalue weighted by Crippen LogP contribution is -2.18. The molecule has 0 bridgehead atoms. The zero-order valence-corrected chi connectivity index (χ0v) is 20.8. The van der Waals surface area contributed by atoms with Crippen LogP contribution >= 0.6 is 58.0 Å². The number of carbonyl (C=O) groups excluding carboxylic acids is 2. The summed E-state index contributed by atoms with van der Waals surface area (Å²) in [5.41, 5.74) is 6.72. The number of alkyl halides is 2. The lowest BCUT2D eigenvalue weighted by molar-refractivity contribution is -0.117. The van der Waals surface area contributed by atoms with E-state index in [1.54, 1.807) is 18.2 Å². The van der Waals surface area contributed by atoms with Crippen molar-refractivity contribution in [1.29, 1.82) is 0 Å². The normalized spacial score (nSPS) is 18.3. The number of hydrogen-bond donors (Lipinski definition) is 3. The zero-order chi connectivity index (χ0) is 24.8. The average molecular weight is 562 g/mol. The van der Waals surface area contributed by atoms with Crippen LogP contribution in [0.2, 0.25) is 15.1 Å². The maximum atomic E-state index is 13.4. The van der Waals surface area contributed by atoms with E-state index in [1.165, 1.54) is 30.3 Å². The Morgan fingerprint density at radius 1 is 0.882 bits per heavy atom. The molecule has 2 atom stereocenters. The van der Waals surface area contributed by atoms with Crippen molar-refractivity contribution < 1.29 is 14.0 Å². The van der Waals surface area contributed by atoms with E-state index in [0.717, 1.165) is 6.07 Å². The van der Waals surface area contributed by atoms with E-state index in [1.807, 2.05) is 0 Å². The zero-order valence-electron chi connectivity index (χ0n) is 17.0. The third kappa shape index (κ3) is 5.07. The van der Waals surface area contributed by atoms with Crippen LogP contribution in [0.25, 0.3) is 0 Å². The number of anilines is 3. The monoisotopic (exact) mass is 559 g/mol. The molecule has 1 aliphatic carbocycles. The van der Waals surface area contributed by atoms with E-state index in [0.29, 0.717) is 21.3 Å². The fourth-order valence-electron chi connectivity index (χ4n) is 3.64. The topological polar surface area (TPSA) is 84.2 Å². The molecule has 0 heterocycles. The molecule has 0 spiro atoms. The number of hydrogen-bond acceptors (Lipinski definition) is 3. The van der Waals surface area contributed by atoms with Gasteiger partial charge in [0.2, 0.25) is 5.91 Å². The molecule has 3 aromatic carbocycles. The minimum Gasteiger partial charge on any atom is -0.396 e. The number of nitrogens with one attached hydrogen (secondary N) is 2. The Bertz CT molecular complexity index is 1300. The molecule has 0 aliphatic heterocycles. The maximum absolute atomic E-state index is 13.4. The predicted octanol–water partition coefficient (Wildman–Crippen LogP) is 7.15. The summed E-state index contributed by atoms with van der Waals surface area (Å²) in [6, 6.07) is 13.0. The highest BCUT2D eigenvalue weighted by atomic mass is 35.5. The maximum Gasteiger partial charge on any atom is 0.257 e. The van der Waals surface area contributed by atoms with Gasteiger partial charge >= 0.3 is 0 Å². The van der Waals surface area contributed by atoms with Crippen LogP contribution in [0.1, 0.15) is 21.8 Å². The molecule has 0 aromatic heterocycles. The second kappa shape index (κ2) is 9.44. The van der Waals surface area contributed by atoms with Gasteiger partial charge in [-0.25, -0.2) is 4.39 Å². The number of benzene rings is 3. The van der Waals surface area contributed by atoms with E-state index >= 15 is 0 Å². The Balaban J connectivity index is 1.51. The molecule has 4 rings (SSSR count). The molecule has 2 unspecified atom stereocenters.